The number of carbonyl (C=O) groups excluding carboxylic acids is 1. The molecular weight excluding hydrogens is 242 g/mol. The lowest BCUT2D eigenvalue weighted by molar-refractivity contribution is 0.0145. The Hall–Kier alpha value is -0.770. The van der Waals surface area contributed by atoms with Crippen molar-refractivity contribution in [2.75, 3.05) is 6.54 Å². The van der Waals surface area contributed by atoms with E-state index in [9.17, 15) is 9.90 Å². The standard InChI is InChI=1S/C15H27NO3/c1-15(2,3)19-14(18)16-10-12(17)9-13(16)11-7-5-4-6-8-11/h11-13,17H,4-10H2,1-3H3. The number of ether oxygens (including phenoxy) is 1. The fourth-order valence-electron chi connectivity index (χ4n) is 3.34. The molecule has 2 fully saturated rings. The minimum Gasteiger partial charge on any atom is -0.444 e. The Bertz CT molecular complexity index is 318. The molecule has 1 saturated carbocycles. The van der Waals surface area contributed by atoms with Crippen LogP contribution in [0.25, 0.3) is 0 Å². The van der Waals surface area contributed by atoms with Crippen LogP contribution in [0.15, 0.2) is 0 Å². The first kappa shape index (κ1) is 14.6. The molecule has 2 unspecified atom stereocenters. The Labute approximate surface area is 116 Å². The van der Waals surface area contributed by atoms with Crippen LogP contribution in [0.1, 0.15) is 59.3 Å². The lowest BCUT2D eigenvalue weighted by Crippen LogP contribution is -2.43. The summed E-state index contributed by atoms with van der Waals surface area (Å²) in [5.74, 6) is 0.540. The molecule has 2 aliphatic rings. The van der Waals surface area contributed by atoms with E-state index >= 15 is 0 Å². The van der Waals surface area contributed by atoms with E-state index in [1.165, 1.54) is 32.1 Å². The molecule has 19 heavy (non-hydrogen) atoms. The summed E-state index contributed by atoms with van der Waals surface area (Å²) >= 11 is 0. The van der Waals surface area contributed by atoms with Crippen molar-refractivity contribution in [1.82, 2.24) is 4.90 Å². The van der Waals surface area contributed by atoms with Gasteiger partial charge < -0.3 is 14.7 Å². The average molecular weight is 269 g/mol. The van der Waals surface area contributed by atoms with Crippen molar-refractivity contribution in [2.45, 2.75) is 77.0 Å². The van der Waals surface area contributed by atoms with Gasteiger partial charge in [-0.1, -0.05) is 19.3 Å². The zero-order chi connectivity index (χ0) is 14.0. The number of hydrogen-bond acceptors (Lipinski definition) is 3. The van der Waals surface area contributed by atoms with Crippen molar-refractivity contribution in [2.24, 2.45) is 5.92 Å². The Kier molecular flexibility index (Phi) is 4.39. The highest BCUT2D eigenvalue weighted by Crippen LogP contribution is 2.35. The molecule has 1 aliphatic carbocycles. The summed E-state index contributed by atoms with van der Waals surface area (Å²) in [7, 11) is 0. The Morgan fingerprint density at radius 2 is 1.84 bits per heavy atom. The van der Waals surface area contributed by atoms with Crippen molar-refractivity contribution in [3.63, 3.8) is 0 Å². The van der Waals surface area contributed by atoms with Gasteiger partial charge in [-0.15, -0.1) is 0 Å². The van der Waals surface area contributed by atoms with Gasteiger partial charge in [0.15, 0.2) is 0 Å². The number of hydrogen-bond donors (Lipinski definition) is 1. The molecular formula is C15H27NO3. The Morgan fingerprint density at radius 3 is 2.42 bits per heavy atom. The first-order chi connectivity index (χ1) is 8.87. The van der Waals surface area contributed by atoms with Crippen LogP contribution >= 0.6 is 0 Å². The molecule has 1 amide bonds. The fraction of sp³-hybridized carbons (Fsp3) is 0.933. The number of nitrogens with zero attached hydrogens (tertiary/aromatic N) is 1. The number of aliphatic hydroxyl groups is 1. The molecule has 1 N–H and O–H groups in total. The monoisotopic (exact) mass is 269 g/mol. The third kappa shape index (κ3) is 3.85. The van der Waals surface area contributed by atoms with Gasteiger partial charge in [-0.2, -0.15) is 0 Å². The molecule has 110 valence electrons. The summed E-state index contributed by atoms with van der Waals surface area (Å²) in [4.78, 5) is 14.0. The maximum absolute atomic E-state index is 12.3. The van der Waals surface area contributed by atoms with Gasteiger partial charge in [-0.3, -0.25) is 0 Å². The van der Waals surface area contributed by atoms with Gasteiger partial charge in [0.1, 0.15) is 5.60 Å². The van der Waals surface area contributed by atoms with E-state index < -0.39 is 5.60 Å². The average Bonchev–Trinajstić information content (AvgIpc) is 2.70. The van der Waals surface area contributed by atoms with Crippen LogP contribution < -0.4 is 0 Å². The van der Waals surface area contributed by atoms with E-state index in [4.69, 9.17) is 4.74 Å². The van der Waals surface area contributed by atoms with Gasteiger partial charge in [0.2, 0.25) is 0 Å². The summed E-state index contributed by atoms with van der Waals surface area (Å²) in [6.07, 6.45) is 6.22. The topological polar surface area (TPSA) is 49.8 Å². The molecule has 2 atom stereocenters. The second-order valence-corrected chi connectivity index (χ2v) is 6.99. The van der Waals surface area contributed by atoms with Crippen molar-refractivity contribution in [3.05, 3.63) is 0 Å². The third-order valence-electron chi connectivity index (χ3n) is 4.14. The van der Waals surface area contributed by atoms with Crippen molar-refractivity contribution >= 4 is 6.09 Å². The van der Waals surface area contributed by atoms with E-state index in [1.807, 2.05) is 20.8 Å². The van der Waals surface area contributed by atoms with Crippen molar-refractivity contribution < 1.29 is 14.6 Å². The summed E-state index contributed by atoms with van der Waals surface area (Å²) in [6.45, 7) is 6.07. The number of amides is 1. The van der Waals surface area contributed by atoms with E-state index in [-0.39, 0.29) is 18.2 Å². The Balaban J connectivity index is 2.02. The lowest BCUT2D eigenvalue weighted by Gasteiger charge is -2.34. The van der Waals surface area contributed by atoms with Gasteiger partial charge in [0, 0.05) is 6.04 Å². The summed E-state index contributed by atoms with van der Waals surface area (Å²) < 4.78 is 5.47. The van der Waals surface area contributed by atoms with Gasteiger partial charge in [0.05, 0.1) is 12.6 Å². The molecule has 2 rings (SSSR count). The van der Waals surface area contributed by atoms with Gasteiger partial charge in [-0.05, 0) is 46.0 Å². The molecule has 4 heteroatoms. The highest BCUT2D eigenvalue weighted by Gasteiger charge is 2.40. The predicted molar refractivity (Wildman–Crippen MR) is 73.9 cm³/mol. The first-order valence-electron chi connectivity index (χ1n) is 7.54. The van der Waals surface area contributed by atoms with E-state index in [0.717, 1.165) is 0 Å². The number of β-amino-alcohol motifs (C(OH)–C–C–N with tert-alkyl or cyclic N) is 1. The maximum atomic E-state index is 12.3. The number of carbonyl (C=O) groups is 1. The quantitative estimate of drug-likeness (QED) is 0.796. The number of likely N-dealkylation sites (tertiary alicyclic amines) is 1. The van der Waals surface area contributed by atoms with Crippen LogP contribution in [0, 0.1) is 5.92 Å². The molecule has 0 aromatic carbocycles. The summed E-state index contributed by atoms with van der Waals surface area (Å²) in [5.41, 5.74) is -0.470. The van der Waals surface area contributed by atoms with E-state index in [1.54, 1.807) is 4.90 Å². The highest BCUT2D eigenvalue weighted by molar-refractivity contribution is 5.69. The number of rotatable bonds is 1. The van der Waals surface area contributed by atoms with Crippen LogP contribution in [0.3, 0.4) is 0 Å². The fourth-order valence-corrected chi connectivity index (χ4v) is 3.34. The number of aliphatic hydroxyl groups excluding tert-OH is 1. The van der Waals surface area contributed by atoms with Crippen molar-refractivity contribution in [1.29, 1.82) is 0 Å². The minimum atomic E-state index is -0.470. The molecule has 1 aliphatic heterocycles. The normalized spacial score (nSPS) is 29.6. The SMILES string of the molecule is CC(C)(C)OC(=O)N1CC(O)CC1C1CCCCC1. The molecule has 0 bridgehead atoms. The molecule has 1 heterocycles. The van der Waals surface area contributed by atoms with E-state index in [2.05, 4.69) is 0 Å². The molecule has 0 aromatic rings. The second-order valence-electron chi connectivity index (χ2n) is 6.99. The third-order valence-corrected chi connectivity index (χ3v) is 4.14. The van der Waals surface area contributed by atoms with Crippen LogP contribution in [0.2, 0.25) is 0 Å². The predicted octanol–water partition coefficient (Wildman–Crippen LogP) is 2.94. The molecule has 0 aromatic heterocycles. The minimum absolute atomic E-state index is 0.171. The summed E-state index contributed by atoms with van der Waals surface area (Å²) in [5, 5.41) is 9.90. The zero-order valence-electron chi connectivity index (χ0n) is 12.4. The van der Waals surface area contributed by atoms with Gasteiger partial charge in [-0.25, -0.2) is 4.79 Å². The Morgan fingerprint density at radius 1 is 1.21 bits per heavy atom. The largest absolute Gasteiger partial charge is 0.444 e. The van der Waals surface area contributed by atoms with Crippen LogP contribution in [-0.2, 0) is 4.74 Å². The lowest BCUT2D eigenvalue weighted by atomic mass is 9.83. The summed E-state index contributed by atoms with van der Waals surface area (Å²) in [6, 6.07) is 0.171. The van der Waals surface area contributed by atoms with Gasteiger partial charge >= 0.3 is 6.09 Å². The van der Waals surface area contributed by atoms with Crippen molar-refractivity contribution in [3.8, 4) is 0 Å². The zero-order valence-corrected chi connectivity index (χ0v) is 12.4. The van der Waals surface area contributed by atoms with Crippen LogP contribution in [0.4, 0.5) is 4.79 Å². The molecule has 1 saturated heterocycles. The molecule has 0 radical (unpaired) electrons. The van der Waals surface area contributed by atoms with E-state index in [0.29, 0.717) is 18.9 Å². The maximum Gasteiger partial charge on any atom is 0.410 e. The van der Waals surface area contributed by atoms with Gasteiger partial charge in [0.25, 0.3) is 0 Å². The molecule has 4 nitrogen and oxygen atoms in total. The highest BCUT2D eigenvalue weighted by atomic mass is 16.6. The second kappa shape index (κ2) is 5.70. The van der Waals surface area contributed by atoms with Crippen LogP contribution in [0.5, 0.6) is 0 Å². The smallest absolute Gasteiger partial charge is 0.410 e. The first-order valence-corrected chi connectivity index (χ1v) is 7.54. The molecule has 0 spiro atoms. The van der Waals surface area contributed by atoms with Crippen LogP contribution in [-0.4, -0.2) is 40.4 Å².